The number of hydrogen-bond acceptors (Lipinski definition) is 4. The highest BCUT2D eigenvalue weighted by atomic mass is 32.1. The van der Waals surface area contributed by atoms with Gasteiger partial charge in [0.05, 0.1) is 6.26 Å². The number of benzene rings is 2. The summed E-state index contributed by atoms with van der Waals surface area (Å²) in [6.45, 7) is 0. The van der Waals surface area contributed by atoms with Crippen LogP contribution in [0.5, 0.6) is 5.75 Å². The third-order valence-electron chi connectivity index (χ3n) is 3.08. The lowest BCUT2D eigenvalue weighted by atomic mass is 10.1. The summed E-state index contributed by atoms with van der Waals surface area (Å²) in [6, 6.07) is 13.8. The number of aromatic hydroxyl groups is 1. The minimum atomic E-state index is -0.416. The van der Waals surface area contributed by atoms with Crippen LogP contribution in [0.4, 0.5) is 5.69 Å². The molecule has 0 bridgehead atoms. The zero-order chi connectivity index (χ0) is 15.5. The number of amides is 1. The SMILES string of the molecule is O=C(NC(=S)Nc1cccc2cc(O)ccc12)c1ccco1. The van der Waals surface area contributed by atoms with Gasteiger partial charge in [0.15, 0.2) is 10.9 Å². The molecule has 1 aromatic heterocycles. The summed E-state index contributed by atoms with van der Waals surface area (Å²) in [5, 5.41) is 17.0. The fraction of sp³-hybridized carbons (Fsp3) is 0. The van der Waals surface area contributed by atoms with Crippen LogP contribution in [0, 0.1) is 0 Å². The van der Waals surface area contributed by atoms with Gasteiger partial charge in [-0.2, -0.15) is 0 Å². The Labute approximate surface area is 131 Å². The number of rotatable bonds is 2. The first-order chi connectivity index (χ1) is 10.6. The highest BCUT2D eigenvalue weighted by molar-refractivity contribution is 7.80. The van der Waals surface area contributed by atoms with Crippen LogP contribution in [-0.2, 0) is 0 Å². The van der Waals surface area contributed by atoms with Crippen LogP contribution in [0.25, 0.3) is 10.8 Å². The second kappa shape index (κ2) is 5.87. The third kappa shape index (κ3) is 2.91. The van der Waals surface area contributed by atoms with Crippen molar-refractivity contribution in [2.45, 2.75) is 0 Å². The number of carbonyl (C=O) groups excluding carboxylic acids is 1. The predicted molar refractivity (Wildman–Crippen MR) is 88.0 cm³/mol. The normalized spacial score (nSPS) is 10.4. The maximum atomic E-state index is 11.8. The molecule has 0 spiro atoms. The van der Waals surface area contributed by atoms with Crippen molar-refractivity contribution in [1.29, 1.82) is 0 Å². The third-order valence-corrected chi connectivity index (χ3v) is 3.29. The second-order valence-electron chi connectivity index (χ2n) is 4.60. The van der Waals surface area contributed by atoms with Crippen molar-refractivity contribution in [3.05, 3.63) is 60.6 Å². The zero-order valence-corrected chi connectivity index (χ0v) is 12.2. The Bertz CT molecular complexity index is 844. The molecular weight excluding hydrogens is 300 g/mol. The molecule has 0 atom stereocenters. The van der Waals surface area contributed by atoms with E-state index >= 15 is 0 Å². The Morgan fingerprint density at radius 2 is 2.00 bits per heavy atom. The summed E-state index contributed by atoms with van der Waals surface area (Å²) in [6.07, 6.45) is 1.42. The molecule has 0 aliphatic rings. The number of anilines is 1. The minimum absolute atomic E-state index is 0.168. The van der Waals surface area contributed by atoms with E-state index in [1.165, 1.54) is 6.26 Å². The smallest absolute Gasteiger partial charge is 0.293 e. The van der Waals surface area contributed by atoms with E-state index in [2.05, 4.69) is 10.6 Å². The highest BCUT2D eigenvalue weighted by Gasteiger charge is 2.11. The minimum Gasteiger partial charge on any atom is -0.508 e. The van der Waals surface area contributed by atoms with Crippen LogP contribution in [-0.4, -0.2) is 16.1 Å². The number of furan rings is 1. The van der Waals surface area contributed by atoms with Gasteiger partial charge >= 0.3 is 0 Å². The van der Waals surface area contributed by atoms with E-state index in [4.69, 9.17) is 16.6 Å². The number of nitrogens with one attached hydrogen (secondary N) is 2. The van der Waals surface area contributed by atoms with Crippen molar-refractivity contribution in [3.8, 4) is 5.75 Å². The van der Waals surface area contributed by atoms with Gasteiger partial charge in [-0.05, 0) is 54.0 Å². The summed E-state index contributed by atoms with van der Waals surface area (Å²) in [5.41, 5.74) is 0.738. The van der Waals surface area contributed by atoms with E-state index in [-0.39, 0.29) is 16.6 Å². The van der Waals surface area contributed by atoms with E-state index < -0.39 is 5.91 Å². The quantitative estimate of drug-likeness (QED) is 0.633. The van der Waals surface area contributed by atoms with Crippen molar-refractivity contribution in [2.75, 3.05) is 5.32 Å². The zero-order valence-electron chi connectivity index (χ0n) is 11.4. The Kier molecular flexibility index (Phi) is 3.76. The lowest BCUT2D eigenvalue weighted by Gasteiger charge is -2.11. The predicted octanol–water partition coefficient (Wildman–Crippen LogP) is 3.27. The lowest BCUT2D eigenvalue weighted by Crippen LogP contribution is -2.33. The second-order valence-corrected chi connectivity index (χ2v) is 5.00. The van der Waals surface area contributed by atoms with Gasteiger partial charge < -0.3 is 14.8 Å². The first-order valence-electron chi connectivity index (χ1n) is 6.51. The summed E-state index contributed by atoms with van der Waals surface area (Å²) in [4.78, 5) is 11.8. The van der Waals surface area contributed by atoms with Crippen LogP contribution in [0.3, 0.4) is 0 Å². The fourth-order valence-electron chi connectivity index (χ4n) is 2.11. The number of carbonyl (C=O) groups is 1. The molecule has 0 unspecified atom stereocenters. The molecule has 1 heterocycles. The maximum absolute atomic E-state index is 11.8. The van der Waals surface area contributed by atoms with E-state index in [9.17, 15) is 9.90 Å². The number of phenols is 1. The topological polar surface area (TPSA) is 74.5 Å². The van der Waals surface area contributed by atoms with E-state index in [1.54, 1.807) is 30.3 Å². The van der Waals surface area contributed by atoms with Crippen LogP contribution in [0.15, 0.2) is 59.2 Å². The van der Waals surface area contributed by atoms with Gasteiger partial charge in [-0.1, -0.05) is 12.1 Å². The molecule has 0 saturated carbocycles. The molecule has 0 fully saturated rings. The summed E-state index contributed by atoms with van der Waals surface area (Å²) in [7, 11) is 0. The number of thiocarbonyl (C=S) groups is 1. The lowest BCUT2D eigenvalue weighted by molar-refractivity contribution is 0.0950. The van der Waals surface area contributed by atoms with Gasteiger partial charge in [0.2, 0.25) is 0 Å². The van der Waals surface area contributed by atoms with Crippen molar-refractivity contribution < 1.29 is 14.3 Å². The fourth-order valence-corrected chi connectivity index (χ4v) is 2.31. The van der Waals surface area contributed by atoms with Gasteiger partial charge in [0.1, 0.15) is 5.75 Å². The summed E-state index contributed by atoms with van der Waals surface area (Å²) in [5.74, 6) is -0.0364. The summed E-state index contributed by atoms with van der Waals surface area (Å²) >= 11 is 5.14. The Morgan fingerprint density at radius 3 is 2.77 bits per heavy atom. The largest absolute Gasteiger partial charge is 0.508 e. The van der Waals surface area contributed by atoms with E-state index in [0.29, 0.717) is 0 Å². The van der Waals surface area contributed by atoms with Crippen LogP contribution >= 0.6 is 12.2 Å². The molecule has 0 saturated heterocycles. The first-order valence-corrected chi connectivity index (χ1v) is 6.92. The molecule has 3 aromatic rings. The molecule has 0 aliphatic heterocycles. The molecule has 5 nitrogen and oxygen atoms in total. The van der Waals surface area contributed by atoms with Crippen molar-refractivity contribution >= 4 is 39.7 Å². The first kappa shape index (κ1) is 14.1. The number of fused-ring (bicyclic) bond motifs is 1. The number of phenolic OH excluding ortho intramolecular Hbond substituents is 1. The van der Waals surface area contributed by atoms with Gasteiger partial charge in [0, 0.05) is 11.1 Å². The van der Waals surface area contributed by atoms with Crippen LogP contribution in [0.1, 0.15) is 10.6 Å². The standard InChI is InChI=1S/C16H12N2O3S/c19-11-6-7-12-10(9-11)3-1-4-13(12)17-16(22)18-15(20)14-5-2-8-21-14/h1-9,19H,(H2,17,18,20,22). The summed E-state index contributed by atoms with van der Waals surface area (Å²) < 4.78 is 5.00. The monoisotopic (exact) mass is 312 g/mol. The average molecular weight is 312 g/mol. The van der Waals surface area contributed by atoms with Gasteiger partial charge in [-0.3, -0.25) is 10.1 Å². The molecule has 3 N–H and O–H groups in total. The molecule has 110 valence electrons. The maximum Gasteiger partial charge on any atom is 0.293 e. The average Bonchev–Trinajstić information content (AvgIpc) is 3.01. The Hall–Kier alpha value is -2.86. The van der Waals surface area contributed by atoms with Crippen LogP contribution in [0.2, 0.25) is 0 Å². The molecule has 22 heavy (non-hydrogen) atoms. The van der Waals surface area contributed by atoms with E-state index in [0.717, 1.165) is 16.5 Å². The molecule has 3 rings (SSSR count). The highest BCUT2D eigenvalue weighted by Crippen LogP contribution is 2.26. The molecule has 0 aliphatic carbocycles. The molecule has 0 radical (unpaired) electrons. The van der Waals surface area contributed by atoms with Crippen molar-refractivity contribution in [3.63, 3.8) is 0 Å². The number of hydrogen-bond donors (Lipinski definition) is 3. The van der Waals surface area contributed by atoms with Gasteiger partial charge in [0.25, 0.3) is 5.91 Å². The van der Waals surface area contributed by atoms with Gasteiger partial charge in [-0.15, -0.1) is 0 Å². The van der Waals surface area contributed by atoms with E-state index in [1.807, 2.05) is 18.2 Å². The molecule has 1 amide bonds. The Balaban J connectivity index is 1.78. The van der Waals surface area contributed by atoms with Gasteiger partial charge in [-0.25, -0.2) is 0 Å². The van der Waals surface area contributed by atoms with Crippen molar-refractivity contribution in [1.82, 2.24) is 5.32 Å². The Morgan fingerprint density at radius 1 is 1.14 bits per heavy atom. The molecule has 2 aromatic carbocycles. The molecule has 6 heteroatoms. The van der Waals surface area contributed by atoms with Crippen LogP contribution < -0.4 is 10.6 Å². The molecular formula is C16H12N2O3S. The van der Waals surface area contributed by atoms with Crippen molar-refractivity contribution in [2.24, 2.45) is 0 Å².